The molecule has 3 atom stereocenters. The molecule has 1 spiro atoms. The maximum Gasteiger partial charge on any atom is 0.00108 e. The molecule has 2 rings (SSSR count). The van der Waals surface area contributed by atoms with Gasteiger partial charge in [0.15, 0.2) is 0 Å². The lowest BCUT2D eigenvalue weighted by Gasteiger charge is -2.41. The summed E-state index contributed by atoms with van der Waals surface area (Å²) in [4.78, 5) is 0. The minimum Gasteiger partial charge on any atom is -0.316 e. The Labute approximate surface area is 75.9 Å². The number of hydrogen-bond donors (Lipinski definition) is 1. The molecule has 1 aliphatic heterocycles. The molecule has 0 aromatic rings. The lowest BCUT2D eigenvalue weighted by molar-refractivity contribution is 0.1000. The van der Waals surface area contributed by atoms with Crippen LogP contribution in [0.5, 0.6) is 0 Å². The van der Waals surface area contributed by atoms with Gasteiger partial charge in [-0.1, -0.05) is 20.3 Å². The molecule has 1 saturated carbocycles. The Balaban J connectivity index is 2.05. The van der Waals surface area contributed by atoms with E-state index < -0.39 is 0 Å². The van der Waals surface area contributed by atoms with E-state index in [-0.39, 0.29) is 0 Å². The van der Waals surface area contributed by atoms with Gasteiger partial charge in [0, 0.05) is 6.54 Å². The fraction of sp³-hybridized carbons (Fsp3) is 1.00. The zero-order valence-electron chi connectivity index (χ0n) is 8.40. The third-order valence-electron chi connectivity index (χ3n) is 4.21. The summed E-state index contributed by atoms with van der Waals surface area (Å²) in [6.07, 6.45) is 5.83. The predicted molar refractivity (Wildman–Crippen MR) is 52.1 cm³/mol. The summed E-state index contributed by atoms with van der Waals surface area (Å²) in [5.74, 6) is 1.93. The van der Waals surface area contributed by atoms with Crippen LogP contribution in [0.1, 0.15) is 39.5 Å². The first-order valence-electron chi connectivity index (χ1n) is 5.44. The van der Waals surface area contributed by atoms with E-state index in [1.807, 2.05) is 0 Å². The smallest absolute Gasteiger partial charge is 0.00108 e. The van der Waals surface area contributed by atoms with Crippen molar-refractivity contribution in [2.24, 2.45) is 17.3 Å². The Hall–Kier alpha value is -0.0400. The van der Waals surface area contributed by atoms with Crippen LogP contribution in [0.4, 0.5) is 0 Å². The van der Waals surface area contributed by atoms with Crippen molar-refractivity contribution in [2.75, 3.05) is 13.1 Å². The van der Waals surface area contributed by atoms with Gasteiger partial charge in [-0.2, -0.15) is 0 Å². The number of hydrogen-bond acceptors (Lipinski definition) is 1. The number of nitrogens with one attached hydrogen (secondary N) is 1. The van der Waals surface area contributed by atoms with Crippen molar-refractivity contribution in [3.8, 4) is 0 Å². The average Bonchev–Trinajstić information content (AvgIpc) is 2.48. The Morgan fingerprint density at radius 1 is 1.25 bits per heavy atom. The minimum atomic E-state index is 0.701. The van der Waals surface area contributed by atoms with Gasteiger partial charge in [-0.3, -0.25) is 0 Å². The van der Waals surface area contributed by atoms with Crippen molar-refractivity contribution in [1.29, 1.82) is 0 Å². The standard InChI is InChI=1S/C11H21N/c1-9-3-4-11(10(2)7-9)5-6-12-8-11/h9-10,12H,3-8H2,1-2H3. The summed E-state index contributed by atoms with van der Waals surface area (Å²) in [5.41, 5.74) is 0.701. The molecule has 1 nitrogen and oxygen atoms in total. The highest BCUT2D eigenvalue weighted by Crippen LogP contribution is 2.46. The second-order valence-electron chi connectivity index (χ2n) is 5.07. The van der Waals surface area contributed by atoms with E-state index in [0.717, 1.165) is 11.8 Å². The Morgan fingerprint density at radius 3 is 2.67 bits per heavy atom. The Bertz CT molecular complexity index is 158. The molecule has 0 aromatic carbocycles. The van der Waals surface area contributed by atoms with Gasteiger partial charge in [-0.25, -0.2) is 0 Å². The van der Waals surface area contributed by atoms with Crippen molar-refractivity contribution in [3.63, 3.8) is 0 Å². The van der Waals surface area contributed by atoms with Crippen LogP contribution < -0.4 is 5.32 Å². The lowest BCUT2D eigenvalue weighted by atomic mass is 9.64. The van der Waals surface area contributed by atoms with E-state index in [4.69, 9.17) is 0 Å². The second-order valence-corrected chi connectivity index (χ2v) is 5.07. The van der Waals surface area contributed by atoms with Gasteiger partial charge in [0.2, 0.25) is 0 Å². The van der Waals surface area contributed by atoms with Crippen molar-refractivity contribution < 1.29 is 0 Å². The zero-order valence-corrected chi connectivity index (χ0v) is 8.40. The third kappa shape index (κ3) is 1.28. The highest BCUT2D eigenvalue weighted by atomic mass is 14.9. The first-order chi connectivity index (χ1) is 5.73. The van der Waals surface area contributed by atoms with Crippen molar-refractivity contribution in [3.05, 3.63) is 0 Å². The molecule has 2 aliphatic rings. The summed E-state index contributed by atoms with van der Waals surface area (Å²) in [7, 11) is 0. The average molecular weight is 167 g/mol. The summed E-state index contributed by atoms with van der Waals surface area (Å²) in [6, 6.07) is 0. The molecular weight excluding hydrogens is 146 g/mol. The second kappa shape index (κ2) is 3.02. The molecule has 1 heteroatoms. The molecule has 0 amide bonds. The molecule has 0 radical (unpaired) electrons. The highest BCUT2D eigenvalue weighted by Gasteiger charge is 2.41. The Kier molecular flexibility index (Phi) is 2.16. The zero-order chi connectivity index (χ0) is 8.60. The summed E-state index contributed by atoms with van der Waals surface area (Å²) < 4.78 is 0. The van der Waals surface area contributed by atoms with Crippen molar-refractivity contribution >= 4 is 0 Å². The van der Waals surface area contributed by atoms with E-state index in [1.165, 1.54) is 38.8 Å². The molecule has 70 valence electrons. The molecule has 0 aromatic heterocycles. The Morgan fingerprint density at radius 2 is 2.08 bits per heavy atom. The molecule has 2 fully saturated rings. The fourth-order valence-electron chi connectivity index (χ4n) is 3.15. The summed E-state index contributed by atoms with van der Waals surface area (Å²) in [5, 5.41) is 3.53. The van der Waals surface area contributed by atoms with E-state index >= 15 is 0 Å². The first kappa shape index (κ1) is 8.55. The van der Waals surface area contributed by atoms with Crippen LogP contribution in [0.25, 0.3) is 0 Å². The summed E-state index contributed by atoms with van der Waals surface area (Å²) >= 11 is 0. The summed E-state index contributed by atoms with van der Waals surface area (Å²) in [6.45, 7) is 7.42. The van der Waals surface area contributed by atoms with Gasteiger partial charge < -0.3 is 5.32 Å². The van der Waals surface area contributed by atoms with Crippen molar-refractivity contribution in [1.82, 2.24) is 5.32 Å². The molecule has 12 heavy (non-hydrogen) atoms. The van der Waals surface area contributed by atoms with E-state index in [0.29, 0.717) is 5.41 Å². The SMILES string of the molecule is CC1CCC2(CCNC2)C(C)C1. The van der Waals surface area contributed by atoms with Crippen LogP contribution in [-0.4, -0.2) is 13.1 Å². The molecular formula is C11H21N. The topological polar surface area (TPSA) is 12.0 Å². The largest absolute Gasteiger partial charge is 0.316 e. The van der Waals surface area contributed by atoms with Gasteiger partial charge in [-0.05, 0) is 43.1 Å². The molecule has 1 N–H and O–H groups in total. The minimum absolute atomic E-state index is 0.701. The monoisotopic (exact) mass is 167 g/mol. The van der Waals surface area contributed by atoms with Gasteiger partial charge in [-0.15, -0.1) is 0 Å². The quantitative estimate of drug-likeness (QED) is 0.584. The van der Waals surface area contributed by atoms with Crippen LogP contribution in [0.2, 0.25) is 0 Å². The highest BCUT2D eigenvalue weighted by molar-refractivity contribution is 4.95. The molecule has 3 unspecified atom stereocenters. The maximum atomic E-state index is 3.53. The van der Waals surface area contributed by atoms with Crippen LogP contribution >= 0.6 is 0 Å². The van der Waals surface area contributed by atoms with Crippen LogP contribution in [0, 0.1) is 17.3 Å². The van der Waals surface area contributed by atoms with E-state index in [9.17, 15) is 0 Å². The van der Waals surface area contributed by atoms with Gasteiger partial charge in [0.25, 0.3) is 0 Å². The molecule has 1 aliphatic carbocycles. The van der Waals surface area contributed by atoms with Gasteiger partial charge in [0.05, 0.1) is 0 Å². The first-order valence-corrected chi connectivity index (χ1v) is 5.44. The molecule has 1 heterocycles. The predicted octanol–water partition coefficient (Wildman–Crippen LogP) is 2.42. The van der Waals surface area contributed by atoms with E-state index in [2.05, 4.69) is 19.2 Å². The van der Waals surface area contributed by atoms with Gasteiger partial charge in [0.1, 0.15) is 0 Å². The van der Waals surface area contributed by atoms with E-state index in [1.54, 1.807) is 0 Å². The molecule has 1 saturated heterocycles. The van der Waals surface area contributed by atoms with Crippen LogP contribution in [0.3, 0.4) is 0 Å². The van der Waals surface area contributed by atoms with Crippen LogP contribution in [0.15, 0.2) is 0 Å². The molecule has 0 bridgehead atoms. The third-order valence-corrected chi connectivity index (χ3v) is 4.21. The normalized spacial score (nSPS) is 48.5. The number of rotatable bonds is 0. The van der Waals surface area contributed by atoms with Gasteiger partial charge >= 0.3 is 0 Å². The van der Waals surface area contributed by atoms with Crippen molar-refractivity contribution in [2.45, 2.75) is 39.5 Å². The van der Waals surface area contributed by atoms with Crippen LogP contribution in [-0.2, 0) is 0 Å². The maximum absolute atomic E-state index is 3.53. The lowest BCUT2D eigenvalue weighted by Crippen LogP contribution is -2.36. The fourth-order valence-corrected chi connectivity index (χ4v) is 3.15.